The van der Waals surface area contributed by atoms with Gasteiger partial charge in [0, 0.05) is 20.8 Å². The van der Waals surface area contributed by atoms with Gasteiger partial charge in [0.25, 0.3) is 0 Å². The Morgan fingerprint density at radius 2 is 2.38 bits per heavy atom. The van der Waals surface area contributed by atoms with Crippen LogP contribution in [0.3, 0.4) is 0 Å². The van der Waals surface area contributed by atoms with Gasteiger partial charge in [0.2, 0.25) is 0 Å². The lowest BCUT2D eigenvalue weighted by atomic mass is 9.98. The molecule has 1 nitrogen and oxygen atoms in total. The van der Waals surface area contributed by atoms with Gasteiger partial charge >= 0.3 is 0 Å². The van der Waals surface area contributed by atoms with Crippen molar-refractivity contribution in [3.63, 3.8) is 0 Å². The van der Waals surface area contributed by atoms with Gasteiger partial charge in [-0.15, -0.1) is 11.3 Å². The highest BCUT2D eigenvalue weighted by Gasteiger charge is 2.23. The van der Waals surface area contributed by atoms with Crippen LogP contribution < -0.4 is 5.32 Å². The summed E-state index contributed by atoms with van der Waals surface area (Å²) in [6.45, 7) is 5.83. The Morgan fingerprint density at radius 3 is 2.94 bits per heavy atom. The Labute approximate surface area is 111 Å². The van der Waals surface area contributed by atoms with E-state index in [-0.39, 0.29) is 0 Å². The molecular weight excluding hydrogens is 282 g/mol. The molecule has 1 aromatic heterocycles. The van der Waals surface area contributed by atoms with E-state index in [1.807, 2.05) is 11.3 Å². The van der Waals surface area contributed by atoms with Crippen LogP contribution in [0, 0.1) is 11.8 Å². The van der Waals surface area contributed by atoms with Crippen molar-refractivity contribution < 1.29 is 0 Å². The maximum atomic E-state index is 3.67. The van der Waals surface area contributed by atoms with Crippen LogP contribution in [0.15, 0.2) is 15.9 Å². The summed E-state index contributed by atoms with van der Waals surface area (Å²) in [5.41, 5.74) is 0. The summed E-state index contributed by atoms with van der Waals surface area (Å²) in [7, 11) is 0. The Hall–Kier alpha value is 0.140. The van der Waals surface area contributed by atoms with Gasteiger partial charge in [0.15, 0.2) is 0 Å². The molecule has 3 heteroatoms. The number of rotatable bonds is 4. The number of hydrogen-bond donors (Lipinski definition) is 1. The first-order chi connectivity index (χ1) is 7.66. The molecule has 0 amide bonds. The zero-order valence-electron chi connectivity index (χ0n) is 10.0. The van der Waals surface area contributed by atoms with Gasteiger partial charge in [0.1, 0.15) is 0 Å². The molecule has 0 radical (unpaired) electrons. The minimum absolute atomic E-state index is 0.490. The van der Waals surface area contributed by atoms with Crippen LogP contribution >= 0.6 is 27.3 Å². The average Bonchev–Trinajstić information content (AvgIpc) is 2.84. The Kier molecular flexibility index (Phi) is 4.45. The van der Waals surface area contributed by atoms with E-state index in [4.69, 9.17) is 0 Å². The monoisotopic (exact) mass is 301 g/mol. The highest BCUT2D eigenvalue weighted by Crippen LogP contribution is 2.31. The molecule has 1 aliphatic carbocycles. The van der Waals surface area contributed by atoms with Gasteiger partial charge < -0.3 is 5.32 Å². The zero-order valence-corrected chi connectivity index (χ0v) is 12.4. The van der Waals surface area contributed by atoms with Crippen molar-refractivity contribution in [2.75, 3.05) is 6.54 Å². The third-order valence-electron chi connectivity index (χ3n) is 3.74. The van der Waals surface area contributed by atoms with E-state index in [0.29, 0.717) is 6.04 Å². The minimum Gasteiger partial charge on any atom is -0.309 e. The number of hydrogen-bond acceptors (Lipinski definition) is 2. The molecule has 1 aromatic rings. The fraction of sp³-hybridized carbons (Fsp3) is 0.692. The van der Waals surface area contributed by atoms with E-state index in [9.17, 15) is 0 Å². The number of nitrogens with one attached hydrogen (secondary N) is 1. The quantitative estimate of drug-likeness (QED) is 0.857. The molecule has 90 valence electrons. The third-order valence-corrected chi connectivity index (χ3v) is 5.62. The van der Waals surface area contributed by atoms with Crippen molar-refractivity contribution in [2.24, 2.45) is 11.8 Å². The zero-order chi connectivity index (χ0) is 11.5. The molecule has 1 aliphatic rings. The summed E-state index contributed by atoms with van der Waals surface area (Å²) < 4.78 is 1.20. The molecule has 0 aliphatic heterocycles. The van der Waals surface area contributed by atoms with Gasteiger partial charge in [-0.2, -0.15) is 0 Å². The van der Waals surface area contributed by atoms with Gasteiger partial charge in [-0.3, -0.25) is 0 Å². The highest BCUT2D eigenvalue weighted by molar-refractivity contribution is 9.10. The smallest absolute Gasteiger partial charge is 0.0386 e. The number of halogens is 1. The molecule has 1 saturated carbocycles. The lowest BCUT2D eigenvalue weighted by molar-refractivity contribution is 0.376. The normalized spacial score (nSPS) is 27.2. The largest absolute Gasteiger partial charge is 0.309 e. The van der Waals surface area contributed by atoms with Crippen LogP contribution in [0.1, 0.15) is 44.0 Å². The third kappa shape index (κ3) is 3.08. The lowest BCUT2D eigenvalue weighted by Gasteiger charge is -2.19. The Bertz CT molecular complexity index is 336. The van der Waals surface area contributed by atoms with E-state index < -0.39 is 0 Å². The summed E-state index contributed by atoms with van der Waals surface area (Å²) in [5, 5.41) is 5.83. The van der Waals surface area contributed by atoms with E-state index in [0.717, 1.165) is 11.8 Å². The SMILES string of the molecule is CC(NCC1CCCC1C)c1cc(Br)cs1. The molecule has 16 heavy (non-hydrogen) atoms. The standard InChI is InChI=1S/C13H20BrNS/c1-9-4-3-5-11(9)7-15-10(2)13-6-12(14)8-16-13/h6,8-11,15H,3-5,7H2,1-2H3. The van der Waals surface area contributed by atoms with Crippen molar-refractivity contribution in [3.05, 3.63) is 20.8 Å². The summed E-state index contributed by atoms with van der Waals surface area (Å²) in [6.07, 6.45) is 4.26. The summed E-state index contributed by atoms with van der Waals surface area (Å²) in [4.78, 5) is 1.43. The Balaban J connectivity index is 1.81. The second-order valence-electron chi connectivity index (χ2n) is 4.97. The fourth-order valence-electron chi connectivity index (χ4n) is 2.51. The van der Waals surface area contributed by atoms with Crippen molar-refractivity contribution >= 4 is 27.3 Å². The van der Waals surface area contributed by atoms with E-state index in [1.54, 1.807) is 0 Å². The topological polar surface area (TPSA) is 12.0 Å². The van der Waals surface area contributed by atoms with Crippen LogP contribution in [0.4, 0.5) is 0 Å². The maximum Gasteiger partial charge on any atom is 0.0386 e. The second-order valence-corrected chi connectivity index (χ2v) is 6.82. The molecule has 2 rings (SSSR count). The van der Waals surface area contributed by atoms with Gasteiger partial charge in [-0.1, -0.05) is 19.8 Å². The molecule has 3 atom stereocenters. The molecule has 1 fully saturated rings. The highest BCUT2D eigenvalue weighted by atomic mass is 79.9. The van der Waals surface area contributed by atoms with Crippen LogP contribution in [0.25, 0.3) is 0 Å². The van der Waals surface area contributed by atoms with E-state index in [1.165, 1.54) is 35.2 Å². The average molecular weight is 302 g/mol. The van der Waals surface area contributed by atoms with Crippen molar-refractivity contribution in [2.45, 2.75) is 39.2 Å². The predicted molar refractivity (Wildman–Crippen MR) is 74.9 cm³/mol. The lowest BCUT2D eigenvalue weighted by Crippen LogP contribution is -2.26. The first-order valence-electron chi connectivity index (χ1n) is 6.14. The summed E-state index contributed by atoms with van der Waals surface area (Å²) in [5.74, 6) is 1.81. The summed E-state index contributed by atoms with van der Waals surface area (Å²) in [6, 6.07) is 2.71. The molecule has 3 unspecified atom stereocenters. The molecule has 0 saturated heterocycles. The van der Waals surface area contributed by atoms with E-state index in [2.05, 4.69) is 46.5 Å². The fourth-order valence-corrected chi connectivity index (χ4v) is 3.99. The van der Waals surface area contributed by atoms with Gasteiger partial charge in [-0.25, -0.2) is 0 Å². The molecule has 0 aromatic carbocycles. The second kappa shape index (κ2) is 5.65. The molecule has 1 N–H and O–H groups in total. The van der Waals surface area contributed by atoms with Crippen molar-refractivity contribution in [3.8, 4) is 0 Å². The van der Waals surface area contributed by atoms with E-state index >= 15 is 0 Å². The van der Waals surface area contributed by atoms with Crippen LogP contribution in [-0.2, 0) is 0 Å². The van der Waals surface area contributed by atoms with Crippen molar-refractivity contribution in [1.82, 2.24) is 5.32 Å². The number of thiophene rings is 1. The molecular formula is C13H20BrNS. The molecule has 0 spiro atoms. The molecule has 0 bridgehead atoms. The van der Waals surface area contributed by atoms with Crippen LogP contribution in [0.2, 0.25) is 0 Å². The summed E-state index contributed by atoms with van der Waals surface area (Å²) >= 11 is 5.34. The Morgan fingerprint density at radius 1 is 1.56 bits per heavy atom. The predicted octanol–water partition coefficient (Wildman–Crippen LogP) is 4.60. The molecule has 1 heterocycles. The first kappa shape index (κ1) is 12.6. The van der Waals surface area contributed by atoms with Gasteiger partial charge in [-0.05, 0) is 53.7 Å². The van der Waals surface area contributed by atoms with Crippen molar-refractivity contribution in [1.29, 1.82) is 0 Å². The maximum absolute atomic E-state index is 3.67. The van der Waals surface area contributed by atoms with Crippen LogP contribution in [0.5, 0.6) is 0 Å². The van der Waals surface area contributed by atoms with Gasteiger partial charge in [0.05, 0.1) is 0 Å². The van der Waals surface area contributed by atoms with Crippen LogP contribution in [-0.4, -0.2) is 6.54 Å². The minimum atomic E-state index is 0.490. The first-order valence-corrected chi connectivity index (χ1v) is 7.81.